The molecule has 0 aliphatic carbocycles. The van der Waals surface area contributed by atoms with Crippen LogP contribution < -0.4 is 10.1 Å². The van der Waals surface area contributed by atoms with E-state index in [1.54, 1.807) is 11.8 Å². The normalized spacial score (nSPS) is 10.2. The molecule has 1 N–H and O–H groups in total. The van der Waals surface area contributed by atoms with Crippen molar-refractivity contribution < 1.29 is 4.74 Å². The predicted octanol–water partition coefficient (Wildman–Crippen LogP) is 3.96. The largest absolute Gasteiger partial charge is 0.492 e. The van der Waals surface area contributed by atoms with Gasteiger partial charge < -0.3 is 10.1 Å². The van der Waals surface area contributed by atoms with E-state index in [0.29, 0.717) is 6.61 Å². The van der Waals surface area contributed by atoms with E-state index in [1.807, 2.05) is 37.3 Å². The summed E-state index contributed by atoms with van der Waals surface area (Å²) < 4.78 is 6.48. The molecule has 2 aromatic rings. The third kappa shape index (κ3) is 3.97. The maximum Gasteiger partial charge on any atom is 0.210 e. The molecule has 0 radical (unpaired) electrons. The number of ether oxygens (including phenoxy) is 1. The van der Waals surface area contributed by atoms with Crippen LogP contribution in [0.3, 0.4) is 0 Å². The first kappa shape index (κ1) is 13.9. The molecule has 0 bridgehead atoms. The van der Waals surface area contributed by atoms with E-state index in [1.165, 1.54) is 11.3 Å². The van der Waals surface area contributed by atoms with Gasteiger partial charge >= 0.3 is 0 Å². The van der Waals surface area contributed by atoms with Gasteiger partial charge in [-0.15, -0.1) is 16.8 Å². The average molecular weight is 293 g/mol. The number of hydrogen-bond acceptors (Lipinski definition) is 6. The molecule has 1 aromatic carbocycles. The first-order valence-corrected chi connectivity index (χ1v) is 7.69. The molecule has 4 nitrogen and oxygen atoms in total. The molecule has 19 heavy (non-hydrogen) atoms. The molecule has 1 aromatic heterocycles. The molecule has 0 fully saturated rings. The molecule has 1 heterocycles. The van der Waals surface area contributed by atoms with Gasteiger partial charge in [-0.25, -0.2) is 0 Å². The number of anilines is 2. The second-order valence-corrected chi connectivity index (χ2v) is 5.77. The highest BCUT2D eigenvalue weighted by Gasteiger charge is 2.07. The average Bonchev–Trinajstić information content (AvgIpc) is 2.87. The monoisotopic (exact) mass is 293 g/mol. The number of para-hydroxylation sites is 2. The SMILES string of the molecule is C=CCSc1nnc(Nc2ccccc2OCC)s1. The molecule has 0 saturated carbocycles. The van der Waals surface area contributed by atoms with Crippen LogP contribution in [0.15, 0.2) is 41.3 Å². The van der Waals surface area contributed by atoms with E-state index in [4.69, 9.17) is 4.74 Å². The fourth-order valence-electron chi connectivity index (χ4n) is 1.42. The minimum absolute atomic E-state index is 0.634. The van der Waals surface area contributed by atoms with Crippen molar-refractivity contribution in [3.05, 3.63) is 36.9 Å². The van der Waals surface area contributed by atoms with Crippen LogP contribution >= 0.6 is 23.1 Å². The molecule has 0 aliphatic rings. The van der Waals surface area contributed by atoms with Gasteiger partial charge in [0, 0.05) is 5.75 Å². The number of aromatic nitrogens is 2. The van der Waals surface area contributed by atoms with Crippen molar-refractivity contribution in [3.63, 3.8) is 0 Å². The summed E-state index contributed by atoms with van der Waals surface area (Å²) in [4.78, 5) is 0. The van der Waals surface area contributed by atoms with E-state index in [0.717, 1.165) is 26.7 Å². The maximum absolute atomic E-state index is 5.56. The highest BCUT2D eigenvalue weighted by molar-refractivity contribution is 8.01. The van der Waals surface area contributed by atoms with Crippen LogP contribution in [0, 0.1) is 0 Å². The van der Waals surface area contributed by atoms with Crippen molar-refractivity contribution >= 4 is 33.9 Å². The van der Waals surface area contributed by atoms with Crippen molar-refractivity contribution in [3.8, 4) is 5.75 Å². The maximum atomic E-state index is 5.56. The second kappa shape index (κ2) is 7.16. The van der Waals surface area contributed by atoms with E-state index < -0.39 is 0 Å². The lowest BCUT2D eigenvalue weighted by Crippen LogP contribution is -1.97. The number of nitrogens with zero attached hydrogens (tertiary/aromatic N) is 2. The second-order valence-electron chi connectivity index (χ2n) is 3.53. The summed E-state index contributed by atoms with van der Waals surface area (Å²) in [5.41, 5.74) is 0.903. The molecule has 0 spiro atoms. The minimum Gasteiger partial charge on any atom is -0.492 e. The number of benzene rings is 1. The Kier molecular flexibility index (Phi) is 5.23. The number of thioether (sulfide) groups is 1. The number of rotatable bonds is 7. The van der Waals surface area contributed by atoms with E-state index in [-0.39, 0.29) is 0 Å². The molecule has 100 valence electrons. The molecule has 2 rings (SSSR count). The third-order valence-corrected chi connectivity index (χ3v) is 4.13. The summed E-state index contributed by atoms with van der Waals surface area (Å²) in [7, 11) is 0. The Labute approximate surface area is 120 Å². The summed E-state index contributed by atoms with van der Waals surface area (Å²) in [6.07, 6.45) is 1.85. The summed E-state index contributed by atoms with van der Waals surface area (Å²) in [5.74, 6) is 1.66. The van der Waals surface area contributed by atoms with Crippen LogP contribution in [0.4, 0.5) is 10.8 Å². The van der Waals surface area contributed by atoms with E-state index in [2.05, 4.69) is 22.1 Å². The Morgan fingerprint density at radius 3 is 3.05 bits per heavy atom. The summed E-state index contributed by atoms with van der Waals surface area (Å²) in [6, 6.07) is 7.80. The molecule has 0 aliphatic heterocycles. The first-order valence-electron chi connectivity index (χ1n) is 5.89. The van der Waals surface area contributed by atoms with Gasteiger partial charge in [-0.2, -0.15) is 0 Å². The fourth-order valence-corrected chi connectivity index (χ4v) is 2.94. The van der Waals surface area contributed by atoms with Crippen LogP contribution in [0.1, 0.15) is 6.92 Å². The topological polar surface area (TPSA) is 47.0 Å². The molecular weight excluding hydrogens is 278 g/mol. The lowest BCUT2D eigenvalue weighted by molar-refractivity contribution is 0.342. The summed E-state index contributed by atoms with van der Waals surface area (Å²) in [6.45, 7) is 6.28. The molecule has 6 heteroatoms. The minimum atomic E-state index is 0.634. The van der Waals surface area contributed by atoms with Crippen LogP contribution in [-0.2, 0) is 0 Å². The summed E-state index contributed by atoms with van der Waals surface area (Å²) >= 11 is 3.14. The third-order valence-electron chi connectivity index (χ3n) is 2.16. The molecule has 0 saturated heterocycles. The Bertz CT molecular complexity index is 542. The van der Waals surface area contributed by atoms with E-state index >= 15 is 0 Å². The van der Waals surface area contributed by atoms with Crippen molar-refractivity contribution in [1.29, 1.82) is 0 Å². The van der Waals surface area contributed by atoms with Crippen LogP contribution in [0.2, 0.25) is 0 Å². The van der Waals surface area contributed by atoms with Crippen LogP contribution in [0.25, 0.3) is 0 Å². The van der Waals surface area contributed by atoms with Gasteiger partial charge in [0.15, 0.2) is 4.34 Å². The van der Waals surface area contributed by atoms with Gasteiger partial charge in [-0.1, -0.05) is 41.3 Å². The lowest BCUT2D eigenvalue weighted by atomic mass is 10.3. The van der Waals surface area contributed by atoms with Crippen LogP contribution in [0.5, 0.6) is 5.75 Å². The smallest absolute Gasteiger partial charge is 0.210 e. The van der Waals surface area contributed by atoms with Gasteiger partial charge in [-0.05, 0) is 19.1 Å². The van der Waals surface area contributed by atoms with Gasteiger partial charge in [0.05, 0.1) is 12.3 Å². The zero-order valence-electron chi connectivity index (χ0n) is 10.6. The van der Waals surface area contributed by atoms with Gasteiger partial charge in [0.2, 0.25) is 5.13 Å². The molecule has 0 atom stereocenters. The Hall–Kier alpha value is -1.53. The zero-order valence-corrected chi connectivity index (χ0v) is 12.3. The van der Waals surface area contributed by atoms with Gasteiger partial charge in [0.25, 0.3) is 0 Å². The zero-order chi connectivity index (χ0) is 13.5. The standard InChI is InChI=1S/C13H15N3OS2/c1-3-9-18-13-16-15-12(19-13)14-10-7-5-6-8-11(10)17-4-2/h3,5-8H,1,4,9H2,2H3,(H,14,15). The Morgan fingerprint density at radius 2 is 2.26 bits per heavy atom. The van der Waals surface area contributed by atoms with Gasteiger partial charge in [-0.3, -0.25) is 0 Å². The fraction of sp³-hybridized carbons (Fsp3) is 0.231. The molecular formula is C13H15N3OS2. The first-order chi connectivity index (χ1) is 9.33. The predicted molar refractivity (Wildman–Crippen MR) is 81.7 cm³/mol. The Balaban J connectivity index is 2.08. The van der Waals surface area contributed by atoms with E-state index in [9.17, 15) is 0 Å². The van der Waals surface area contributed by atoms with Crippen molar-refractivity contribution in [1.82, 2.24) is 10.2 Å². The van der Waals surface area contributed by atoms with Crippen molar-refractivity contribution in [2.24, 2.45) is 0 Å². The quantitative estimate of drug-likeness (QED) is 0.618. The molecule has 0 unspecified atom stereocenters. The highest BCUT2D eigenvalue weighted by Crippen LogP contribution is 2.31. The number of nitrogens with one attached hydrogen (secondary N) is 1. The van der Waals surface area contributed by atoms with Crippen LogP contribution in [-0.4, -0.2) is 22.6 Å². The lowest BCUT2D eigenvalue weighted by Gasteiger charge is -2.09. The van der Waals surface area contributed by atoms with Crippen molar-refractivity contribution in [2.45, 2.75) is 11.3 Å². The summed E-state index contributed by atoms with van der Waals surface area (Å²) in [5, 5.41) is 12.2. The van der Waals surface area contributed by atoms with Crippen molar-refractivity contribution in [2.75, 3.05) is 17.7 Å². The highest BCUT2D eigenvalue weighted by atomic mass is 32.2. The van der Waals surface area contributed by atoms with Gasteiger partial charge in [0.1, 0.15) is 5.75 Å². The Morgan fingerprint density at radius 1 is 1.42 bits per heavy atom. The number of hydrogen-bond donors (Lipinski definition) is 1. The molecule has 0 amide bonds.